The maximum Gasteiger partial charge on any atom is 2.00 e. The quantitative estimate of drug-likeness (QED) is 0.443. The number of unbranched alkanes of at least 4 members (excludes halogenated alkanes) is 6. The van der Waals surface area contributed by atoms with Crippen LogP contribution in [0.25, 0.3) is 0 Å². The predicted octanol–water partition coefficient (Wildman–Crippen LogP) is 1.03. The number of carboxylic acid groups (broad SMARTS) is 2. The minimum atomic E-state index is -0.925. The molecule has 19 heavy (non-hydrogen) atoms. The fraction of sp³-hybridized carbons (Fsp3) is 0.857. The molecule has 0 fully saturated rings. The van der Waals surface area contributed by atoms with E-state index in [1.165, 1.54) is 0 Å². The zero-order chi connectivity index (χ0) is 14.2. The molecule has 0 aromatic heterocycles. The number of carbonyl (C=O) groups excluding carboxylic acids is 2. The van der Waals surface area contributed by atoms with Crippen molar-refractivity contribution in [3.05, 3.63) is 0 Å². The second kappa shape index (κ2) is 20.0. The molecule has 0 aliphatic rings. The van der Waals surface area contributed by atoms with Gasteiger partial charge in [-0.1, -0.05) is 52.4 Å². The third kappa shape index (κ3) is 31.9. The van der Waals surface area contributed by atoms with E-state index in [1.54, 1.807) is 0 Å². The van der Waals surface area contributed by atoms with Crippen LogP contribution in [0.4, 0.5) is 0 Å². The monoisotopic (exact) mass is 282 g/mol. The molecular formula is C14H26MgO4. The second-order valence-electron chi connectivity index (χ2n) is 4.37. The fourth-order valence-corrected chi connectivity index (χ4v) is 1.39. The summed E-state index contributed by atoms with van der Waals surface area (Å²) in [5, 5.41) is 19.7. The van der Waals surface area contributed by atoms with Crippen molar-refractivity contribution in [2.45, 2.75) is 78.1 Å². The number of hydrogen-bond acceptors (Lipinski definition) is 4. The minimum Gasteiger partial charge on any atom is -0.550 e. The van der Waals surface area contributed by atoms with Gasteiger partial charge in [0, 0.05) is 11.9 Å². The van der Waals surface area contributed by atoms with Gasteiger partial charge in [-0.3, -0.25) is 0 Å². The molecule has 0 aliphatic carbocycles. The number of aliphatic carboxylic acids is 2. The number of carboxylic acids is 2. The molecule has 0 heterocycles. The fourth-order valence-electron chi connectivity index (χ4n) is 1.39. The molecule has 5 heteroatoms. The minimum absolute atomic E-state index is 0. The average molecular weight is 283 g/mol. The summed E-state index contributed by atoms with van der Waals surface area (Å²) in [5.41, 5.74) is 0. The third-order valence-electron chi connectivity index (χ3n) is 2.47. The van der Waals surface area contributed by atoms with Gasteiger partial charge in [0.2, 0.25) is 0 Å². The van der Waals surface area contributed by atoms with Gasteiger partial charge in [-0.05, 0) is 25.7 Å². The van der Waals surface area contributed by atoms with Crippen molar-refractivity contribution in [3.63, 3.8) is 0 Å². The smallest absolute Gasteiger partial charge is 0.550 e. The zero-order valence-electron chi connectivity index (χ0n) is 12.4. The molecule has 0 N–H and O–H groups in total. The van der Waals surface area contributed by atoms with Crippen LogP contribution in [-0.4, -0.2) is 35.0 Å². The first-order valence-electron chi connectivity index (χ1n) is 6.94. The van der Waals surface area contributed by atoms with Crippen molar-refractivity contribution >= 4 is 35.0 Å². The van der Waals surface area contributed by atoms with E-state index in [0.717, 1.165) is 51.4 Å². The van der Waals surface area contributed by atoms with E-state index in [1.807, 2.05) is 0 Å². The Morgan fingerprint density at radius 2 is 1.00 bits per heavy atom. The predicted molar refractivity (Wildman–Crippen MR) is 73.3 cm³/mol. The first kappa shape index (κ1) is 23.8. The molecule has 0 aliphatic heterocycles. The Labute approximate surface area is 133 Å². The van der Waals surface area contributed by atoms with E-state index in [9.17, 15) is 19.8 Å². The number of rotatable bonds is 10. The molecule has 0 radical (unpaired) electrons. The summed E-state index contributed by atoms with van der Waals surface area (Å²) >= 11 is 0. The Bertz CT molecular complexity index is 186. The van der Waals surface area contributed by atoms with Crippen LogP contribution in [-0.2, 0) is 9.59 Å². The van der Waals surface area contributed by atoms with Gasteiger partial charge >= 0.3 is 23.1 Å². The van der Waals surface area contributed by atoms with Crippen molar-refractivity contribution in [1.29, 1.82) is 0 Å². The van der Waals surface area contributed by atoms with Crippen LogP contribution in [0.1, 0.15) is 78.1 Å². The Morgan fingerprint density at radius 3 is 1.21 bits per heavy atom. The van der Waals surface area contributed by atoms with Crippen LogP contribution in [0.2, 0.25) is 0 Å². The Hall–Kier alpha value is -0.294. The van der Waals surface area contributed by atoms with Crippen LogP contribution in [0.15, 0.2) is 0 Å². The molecule has 0 amide bonds. The van der Waals surface area contributed by atoms with Crippen molar-refractivity contribution < 1.29 is 19.8 Å². The van der Waals surface area contributed by atoms with Crippen molar-refractivity contribution in [2.24, 2.45) is 0 Å². The molecule has 0 unspecified atom stereocenters. The SMILES string of the molecule is CCCCCCC(=O)[O-].CCCCCCC(=O)[O-].[Mg+2]. The third-order valence-corrected chi connectivity index (χ3v) is 2.47. The summed E-state index contributed by atoms with van der Waals surface area (Å²) in [6.07, 6.45) is 8.59. The van der Waals surface area contributed by atoms with Crippen LogP contribution in [0, 0.1) is 0 Å². The zero-order valence-corrected chi connectivity index (χ0v) is 13.8. The normalized spacial score (nSPS) is 8.95. The van der Waals surface area contributed by atoms with E-state index < -0.39 is 11.9 Å². The molecule has 0 saturated heterocycles. The number of carbonyl (C=O) groups is 2. The Morgan fingerprint density at radius 1 is 0.684 bits per heavy atom. The Kier molecular flexibility index (Phi) is 25.1. The molecule has 0 saturated carbocycles. The maximum atomic E-state index is 9.85. The van der Waals surface area contributed by atoms with Crippen LogP contribution in [0.3, 0.4) is 0 Å². The van der Waals surface area contributed by atoms with Crippen molar-refractivity contribution in [1.82, 2.24) is 0 Å². The van der Waals surface area contributed by atoms with Gasteiger partial charge < -0.3 is 19.8 Å². The summed E-state index contributed by atoms with van der Waals surface area (Å²) in [5.74, 6) is -1.85. The molecule has 0 aromatic carbocycles. The number of hydrogen-bond donors (Lipinski definition) is 0. The van der Waals surface area contributed by atoms with Crippen LogP contribution >= 0.6 is 0 Å². The van der Waals surface area contributed by atoms with Crippen molar-refractivity contribution in [3.8, 4) is 0 Å². The van der Waals surface area contributed by atoms with Crippen LogP contribution < -0.4 is 10.2 Å². The van der Waals surface area contributed by atoms with Gasteiger partial charge in [0.15, 0.2) is 0 Å². The topological polar surface area (TPSA) is 80.3 Å². The van der Waals surface area contributed by atoms with Gasteiger partial charge in [-0.25, -0.2) is 0 Å². The van der Waals surface area contributed by atoms with Crippen LogP contribution in [0.5, 0.6) is 0 Å². The maximum absolute atomic E-state index is 9.85. The van der Waals surface area contributed by atoms with E-state index in [2.05, 4.69) is 13.8 Å². The van der Waals surface area contributed by atoms with E-state index >= 15 is 0 Å². The first-order chi connectivity index (χ1) is 8.54. The van der Waals surface area contributed by atoms with Gasteiger partial charge in [-0.2, -0.15) is 0 Å². The second-order valence-corrected chi connectivity index (χ2v) is 4.37. The van der Waals surface area contributed by atoms with Gasteiger partial charge in [0.05, 0.1) is 0 Å². The van der Waals surface area contributed by atoms with E-state index in [4.69, 9.17) is 0 Å². The standard InChI is InChI=1S/2C7H14O2.Mg/c2*1-2-3-4-5-6-7(8)9;/h2*2-6H2,1H3,(H,8,9);/q;;+2/p-2. The molecule has 0 rings (SSSR count). The largest absolute Gasteiger partial charge is 2.00 e. The molecule has 0 spiro atoms. The summed E-state index contributed by atoms with van der Waals surface area (Å²) in [6, 6.07) is 0. The van der Waals surface area contributed by atoms with E-state index in [-0.39, 0.29) is 35.9 Å². The molecule has 0 aromatic rings. The van der Waals surface area contributed by atoms with E-state index in [0.29, 0.717) is 0 Å². The summed E-state index contributed by atoms with van der Waals surface area (Å²) in [6.45, 7) is 4.19. The van der Waals surface area contributed by atoms with Gasteiger partial charge in [0.25, 0.3) is 0 Å². The Balaban J connectivity index is -0.000000256. The average Bonchev–Trinajstić information content (AvgIpc) is 2.31. The molecule has 0 bridgehead atoms. The van der Waals surface area contributed by atoms with Gasteiger partial charge in [0.1, 0.15) is 0 Å². The summed E-state index contributed by atoms with van der Waals surface area (Å²) in [7, 11) is 0. The molecular weight excluding hydrogens is 256 g/mol. The summed E-state index contributed by atoms with van der Waals surface area (Å²) in [4.78, 5) is 19.7. The molecule has 108 valence electrons. The first-order valence-corrected chi connectivity index (χ1v) is 6.94. The van der Waals surface area contributed by atoms with Crippen molar-refractivity contribution in [2.75, 3.05) is 0 Å². The molecule has 4 nitrogen and oxygen atoms in total. The summed E-state index contributed by atoms with van der Waals surface area (Å²) < 4.78 is 0. The molecule has 0 atom stereocenters. The van der Waals surface area contributed by atoms with Gasteiger partial charge in [-0.15, -0.1) is 0 Å².